The predicted molar refractivity (Wildman–Crippen MR) is 84.1 cm³/mol. The van der Waals surface area contributed by atoms with Gasteiger partial charge in [-0.25, -0.2) is 0 Å². The van der Waals surface area contributed by atoms with Crippen LogP contribution in [0.3, 0.4) is 0 Å². The molecule has 4 unspecified atom stereocenters. The highest BCUT2D eigenvalue weighted by atomic mass is 16.5. The Balaban J connectivity index is 2.05. The van der Waals surface area contributed by atoms with Gasteiger partial charge in [0, 0.05) is 18.7 Å². The molecule has 1 heterocycles. The van der Waals surface area contributed by atoms with E-state index in [1.807, 2.05) is 0 Å². The molecule has 2 fully saturated rings. The summed E-state index contributed by atoms with van der Waals surface area (Å²) in [4.78, 5) is 14.5. The van der Waals surface area contributed by atoms with Gasteiger partial charge >= 0.3 is 0 Å². The lowest BCUT2D eigenvalue weighted by Crippen LogP contribution is -2.61. The second kappa shape index (κ2) is 7.07. The highest BCUT2D eigenvalue weighted by molar-refractivity contribution is 5.84. The predicted octanol–water partition coefficient (Wildman–Crippen LogP) is 1.26. The van der Waals surface area contributed by atoms with Crippen LogP contribution in [0.15, 0.2) is 0 Å². The van der Waals surface area contributed by atoms with Gasteiger partial charge in [-0.3, -0.25) is 9.69 Å². The smallest absolute Gasteiger partial charge is 0.237 e. The summed E-state index contributed by atoms with van der Waals surface area (Å²) < 4.78 is 5.69. The minimum Gasteiger partial charge on any atom is -0.377 e. The lowest BCUT2D eigenvalue weighted by Gasteiger charge is -2.44. The van der Waals surface area contributed by atoms with Gasteiger partial charge in [0.15, 0.2) is 0 Å². The maximum Gasteiger partial charge on any atom is 0.237 e. The largest absolute Gasteiger partial charge is 0.377 e. The zero-order valence-corrected chi connectivity index (χ0v) is 13.7. The molecule has 0 aromatic rings. The Labute approximate surface area is 128 Å². The van der Waals surface area contributed by atoms with Gasteiger partial charge in [0.2, 0.25) is 5.91 Å². The lowest BCUT2D eigenvalue weighted by molar-refractivity contribution is -0.127. The molecule has 0 aromatic heterocycles. The fourth-order valence-corrected chi connectivity index (χ4v) is 3.96. The molecule has 5 heteroatoms. The van der Waals surface area contributed by atoms with E-state index in [0.29, 0.717) is 12.1 Å². The zero-order chi connectivity index (χ0) is 15.5. The Bertz CT molecular complexity index is 363. The number of hydrogen-bond donors (Lipinski definition) is 2. The van der Waals surface area contributed by atoms with E-state index in [2.05, 4.69) is 31.1 Å². The number of rotatable bonds is 6. The molecule has 0 radical (unpaired) electrons. The first-order valence-corrected chi connectivity index (χ1v) is 8.38. The number of primary amides is 1. The minimum absolute atomic E-state index is 0.190. The van der Waals surface area contributed by atoms with Gasteiger partial charge < -0.3 is 15.8 Å². The third kappa shape index (κ3) is 3.58. The number of carbonyl (C=O) groups is 1. The number of likely N-dealkylation sites (N-methyl/N-ethyl adjacent to an activating group) is 1. The van der Waals surface area contributed by atoms with Gasteiger partial charge in [-0.15, -0.1) is 0 Å². The second-order valence-corrected chi connectivity index (χ2v) is 6.72. The zero-order valence-electron chi connectivity index (χ0n) is 13.7. The molecule has 0 bridgehead atoms. The van der Waals surface area contributed by atoms with E-state index in [0.717, 1.165) is 51.7 Å². The molecule has 4 atom stereocenters. The average molecular weight is 297 g/mol. The van der Waals surface area contributed by atoms with Gasteiger partial charge in [-0.05, 0) is 59.0 Å². The van der Waals surface area contributed by atoms with Crippen LogP contribution in [0.1, 0.15) is 52.4 Å². The van der Waals surface area contributed by atoms with Crippen molar-refractivity contribution in [2.45, 2.75) is 76.1 Å². The summed E-state index contributed by atoms with van der Waals surface area (Å²) in [7, 11) is 2.18. The van der Waals surface area contributed by atoms with Gasteiger partial charge in [0.05, 0.1) is 11.6 Å². The topological polar surface area (TPSA) is 67.6 Å². The van der Waals surface area contributed by atoms with Gasteiger partial charge in [0.25, 0.3) is 0 Å². The van der Waals surface area contributed by atoms with Crippen LogP contribution in [-0.4, -0.2) is 54.7 Å². The molecule has 122 valence electrons. The number of ether oxygens (including phenoxy) is 1. The number of nitrogens with two attached hydrogens (primary N) is 1. The van der Waals surface area contributed by atoms with Crippen molar-refractivity contribution in [3.63, 3.8) is 0 Å². The van der Waals surface area contributed by atoms with Crippen molar-refractivity contribution in [3.8, 4) is 0 Å². The van der Waals surface area contributed by atoms with Crippen LogP contribution >= 0.6 is 0 Å². The van der Waals surface area contributed by atoms with Gasteiger partial charge in [-0.1, -0.05) is 6.92 Å². The summed E-state index contributed by atoms with van der Waals surface area (Å²) in [5.74, 6) is -0.190. The van der Waals surface area contributed by atoms with Crippen molar-refractivity contribution < 1.29 is 9.53 Å². The normalized spacial score (nSPS) is 37.0. The van der Waals surface area contributed by atoms with Crippen molar-refractivity contribution in [1.29, 1.82) is 0 Å². The highest BCUT2D eigenvalue weighted by Gasteiger charge is 2.43. The Kier molecular flexibility index (Phi) is 5.63. The van der Waals surface area contributed by atoms with Crippen molar-refractivity contribution >= 4 is 5.91 Å². The van der Waals surface area contributed by atoms with Crippen LogP contribution in [0.5, 0.6) is 0 Å². The summed E-state index contributed by atoms with van der Waals surface area (Å²) in [6.45, 7) is 5.96. The number of amides is 1. The van der Waals surface area contributed by atoms with Crippen LogP contribution in [0.2, 0.25) is 0 Å². The van der Waals surface area contributed by atoms with E-state index < -0.39 is 5.54 Å². The number of nitrogens with zero attached hydrogens (tertiary/aromatic N) is 1. The van der Waals surface area contributed by atoms with Crippen LogP contribution in [-0.2, 0) is 9.53 Å². The third-order valence-corrected chi connectivity index (χ3v) is 5.35. The quantitative estimate of drug-likeness (QED) is 0.774. The van der Waals surface area contributed by atoms with Gasteiger partial charge in [-0.2, -0.15) is 0 Å². The maximum absolute atomic E-state index is 12.1. The molecule has 1 saturated heterocycles. The first kappa shape index (κ1) is 16.7. The van der Waals surface area contributed by atoms with E-state index in [1.54, 1.807) is 0 Å². The standard InChI is InChI=1S/C16H31N3O2/c1-4-9-18-16(15(17)20)8-5-6-13(11-16)19(3)14-7-10-21-12(14)2/h12-14,18H,4-11H2,1-3H3,(H2,17,20). The number of hydrogen-bond acceptors (Lipinski definition) is 4. The van der Waals surface area contributed by atoms with Crippen LogP contribution in [0.25, 0.3) is 0 Å². The van der Waals surface area contributed by atoms with Crippen molar-refractivity contribution in [1.82, 2.24) is 10.2 Å². The molecular formula is C16H31N3O2. The molecule has 3 N–H and O–H groups in total. The SMILES string of the molecule is CCCNC1(C(N)=O)CCCC(N(C)C2CCOC2C)C1. The molecular weight excluding hydrogens is 266 g/mol. The second-order valence-electron chi connectivity index (χ2n) is 6.72. The Hall–Kier alpha value is -0.650. The Morgan fingerprint density at radius 2 is 2.24 bits per heavy atom. The lowest BCUT2D eigenvalue weighted by atomic mass is 9.77. The van der Waals surface area contributed by atoms with E-state index in [9.17, 15) is 4.79 Å². The molecule has 0 spiro atoms. The Morgan fingerprint density at radius 1 is 1.48 bits per heavy atom. The minimum atomic E-state index is -0.518. The van der Waals surface area contributed by atoms with Crippen molar-refractivity contribution in [2.24, 2.45) is 5.73 Å². The van der Waals surface area contributed by atoms with E-state index >= 15 is 0 Å². The first-order valence-electron chi connectivity index (χ1n) is 8.38. The van der Waals surface area contributed by atoms with Gasteiger partial charge in [0.1, 0.15) is 0 Å². The molecule has 2 aliphatic rings. The summed E-state index contributed by atoms with van der Waals surface area (Å²) in [6.07, 6.45) is 6.26. The third-order valence-electron chi connectivity index (χ3n) is 5.35. The summed E-state index contributed by atoms with van der Waals surface area (Å²) in [5, 5.41) is 3.44. The number of nitrogens with one attached hydrogen (secondary N) is 1. The summed E-state index contributed by atoms with van der Waals surface area (Å²) in [6, 6.07) is 0.870. The molecule has 1 aliphatic heterocycles. The van der Waals surface area contributed by atoms with E-state index in [-0.39, 0.29) is 12.0 Å². The van der Waals surface area contributed by atoms with Crippen LogP contribution in [0.4, 0.5) is 0 Å². The Morgan fingerprint density at radius 3 is 2.81 bits per heavy atom. The van der Waals surface area contributed by atoms with Crippen molar-refractivity contribution in [2.75, 3.05) is 20.2 Å². The maximum atomic E-state index is 12.1. The first-order chi connectivity index (χ1) is 10.00. The molecule has 5 nitrogen and oxygen atoms in total. The van der Waals surface area contributed by atoms with Crippen LogP contribution in [0, 0.1) is 0 Å². The molecule has 21 heavy (non-hydrogen) atoms. The monoisotopic (exact) mass is 297 g/mol. The van der Waals surface area contributed by atoms with E-state index in [4.69, 9.17) is 10.5 Å². The summed E-state index contributed by atoms with van der Waals surface area (Å²) in [5.41, 5.74) is 5.22. The van der Waals surface area contributed by atoms with Crippen LogP contribution < -0.4 is 11.1 Å². The average Bonchev–Trinajstić information content (AvgIpc) is 2.90. The molecule has 2 rings (SSSR count). The number of carbonyl (C=O) groups excluding carboxylic acids is 1. The van der Waals surface area contributed by atoms with E-state index in [1.165, 1.54) is 0 Å². The van der Waals surface area contributed by atoms with Crippen molar-refractivity contribution in [3.05, 3.63) is 0 Å². The fourth-order valence-electron chi connectivity index (χ4n) is 3.96. The molecule has 1 amide bonds. The highest BCUT2D eigenvalue weighted by Crippen LogP contribution is 2.33. The molecule has 1 saturated carbocycles. The summed E-state index contributed by atoms with van der Waals surface area (Å²) >= 11 is 0. The molecule has 1 aliphatic carbocycles. The molecule has 0 aromatic carbocycles. The fraction of sp³-hybridized carbons (Fsp3) is 0.938.